The average Bonchev–Trinajstić information content (AvgIpc) is 3.54. The van der Waals surface area contributed by atoms with Gasteiger partial charge in [0.1, 0.15) is 11.9 Å². The lowest BCUT2D eigenvalue weighted by atomic mass is 10.1. The number of hydrogen-bond acceptors (Lipinski definition) is 8. The van der Waals surface area contributed by atoms with Crippen LogP contribution in [0.3, 0.4) is 0 Å². The molecule has 2 N–H and O–H groups in total. The Balaban J connectivity index is 1.47. The van der Waals surface area contributed by atoms with Gasteiger partial charge in [-0.05, 0) is 48.0 Å². The fourth-order valence-corrected chi connectivity index (χ4v) is 5.62. The van der Waals surface area contributed by atoms with E-state index in [1.54, 1.807) is 14.2 Å². The number of nitrogens with zero attached hydrogens (tertiary/aromatic N) is 4. The number of nitrogens with one attached hydrogen (secondary N) is 2. The number of alkyl halides is 1. The molecule has 2 aromatic carbocycles. The first-order valence-electron chi connectivity index (χ1n) is 15.6. The number of ether oxygens (including phenoxy) is 2. The molecule has 0 aliphatic heterocycles. The van der Waals surface area contributed by atoms with E-state index in [-0.39, 0.29) is 10.7 Å². The van der Waals surface area contributed by atoms with Gasteiger partial charge < -0.3 is 29.4 Å². The molecule has 0 spiro atoms. The number of methoxy groups -OCH3 is 2. The van der Waals surface area contributed by atoms with Crippen molar-refractivity contribution in [3.63, 3.8) is 0 Å². The van der Waals surface area contributed by atoms with E-state index < -0.39 is 26.4 Å². The lowest BCUT2D eigenvalue weighted by molar-refractivity contribution is 0.0940. The lowest BCUT2D eigenvalue weighted by Crippen LogP contribution is -2.40. The van der Waals surface area contributed by atoms with Crippen LogP contribution in [0.2, 0.25) is 18.1 Å². The molecular formula is C35H43FN6O4Si. The Kier molecular flexibility index (Phi) is 9.79. The predicted octanol–water partition coefficient (Wildman–Crippen LogP) is 6.34. The number of benzene rings is 2. The van der Waals surface area contributed by atoms with Crippen LogP contribution in [0.4, 0.5) is 21.6 Å². The fourth-order valence-electron chi connectivity index (χ4n) is 4.75. The maximum Gasteiger partial charge on any atom is 0.271 e. The van der Waals surface area contributed by atoms with Crippen LogP contribution in [-0.2, 0) is 11.0 Å². The normalized spacial score (nSPS) is 15.9. The Morgan fingerprint density at radius 3 is 2.51 bits per heavy atom. The van der Waals surface area contributed by atoms with Gasteiger partial charge in [0.05, 0.1) is 50.0 Å². The SMILES string of the molecule is COc1ccc(CN(C)c2cc(Nc3cccc(C#CCO[Si](C)(C)C(C)(C)C)c3OC)nn3c(C(=O)N[C@@H]4C[C@@H]4F)cnc23)cc1. The summed E-state index contributed by atoms with van der Waals surface area (Å²) in [5.74, 6) is 7.69. The minimum Gasteiger partial charge on any atom is -0.497 e. The zero-order valence-electron chi connectivity index (χ0n) is 28.3. The quantitative estimate of drug-likeness (QED) is 0.142. The van der Waals surface area contributed by atoms with Crippen LogP contribution in [0.1, 0.15) is 48.8 Å². The molecule has 5 rings (SSSR count). The Morgan fingerprint density at radius 2 is 1.87 bits per heavy atom. The van der Waals surface area contributed by atoms with Gasteiger partial charge in [0.25, 0.3) is 5.91 Å². The van der Waals surface area contributed by atoms with Crippen LogP contribution in [-0.4, -0.2) is 68.9 Å². The van der Waals surface area contributed by atoms with Crippen molar-refractivity contribution in [3.05, 3.63) is 71.5 Å². The van der Waals surface area contributed by atoms with Crippen molar-refractivity contribution in [2.75, 3.05) is 38.1 Å². The van der Waals surface area contributed by atoms with E-state index in [4.69, 9.17) is 19.0 Å². The summed E-state index contributed by atoms with van der Waals surface area (Å²) in [5.41, 5.74) is 3.81. The molecule has 4 aromatic rings. The van der Waals surface area contributed by atoms with Gasteiger partial charge in [-0.1, -0.05) is 50.8 Å². The van der Waals surface area contributed by atoms with Gasteiger partial charge in [-0.15, -0.1) is 5.10 Å². The molecule has 1 fully saturated rings. The van der Waals surface area contributed by atoms with Crippen LogP contribution in [0, 0.1) is 11.8 Å². The van der Waals surface area contributed by atoms with E-state index in [0.717, 1.165) is 17.0 Å². The van der Waals surface area contributed by atoms with Crippen LogP contribution in [0.25, 0.3) is 5.65 Å². The highest BCUT2D eigenvalue weighted by Crippen LogP contribution is 2.37. The molecule has 2 heterocycles. The van der Waals surface area contributed by atoms with E-state index in [1.807, 2.05) is 60.5 Å². The van der Waals surface area contributed by atoms with E-state index in [0.29, 0.717) is 48.0 Å². The summed E-state index contributed by atoms with van der Waals surface area (Å²) >= 11 is 0. The number of aromatic nitrogens is 3. The first-order valence-corrected chi connectivity index (χ1v) is 18.5. The van der Waals surface area contributed by atoms with Gasteiger partial charge in [-0.2, -0.15) is 0 Å². The number of imidazole rings is 1. The summed E-state index contributed by atoms with van der Waals surface area (Å²) in [6, 6.07) is 14.8. The third kappa shape index (κ3) is 7.69. The first kappa shape index (κ1) is 33.8. The summed E-state index contributed by atoms with van der Waals surface area (Å²) in [6.45, 7) is 11.9. The highest BCUT2D eigenvalue weighted by Gasteiger charge is 2.39. The van der Waals surface area contributed by atoms with Gasteiger partial charge in [0.15, 0.2) is 31.2 Å². The van der Waals surface area contributed by atoms with Crippen molar-refractivity contribution in [2.24, 2.45) is 0 Å². The van der Waals surface area contributed by atoms with Crippen molar-refractivity contribution in [3.8, 4) is 23.3 Å². The minimum absolute atomic E-state index is 0.0925. The maximum absolute atomic E-state index is 13.6. The van der Waals surface area contributed by atoms with Crippen molar-refractivity contribution in [1.29, 1.82) is 0 Å². The van der Waals surface area contributed by atoms with Gasteiger partial charge in [-0.3, -0.25) is 4.79 Å². The average molecular weight is 659 g/mol. The van der Waals surface area contributed by atoms with E-state index in [1.165, 1.54) is 10.7 Å². The molecule has 0 saturated heterocycles. The van der Waals surface area contributed by atoms with Crippen molar-refractivity contribution in [2.45, 2.75) is 64.1 Å². The first-order chi connectivity index (χ1) is 22.3. The highest BCUT2D eigenvalue weighted by atomic mass is 28.4. The molecule has 2 atom stereocenters. The van der Waals surface area contributed by atoms with Crippen LogP contribution in [0.15, 0.2) is 54.7 Å². The second-order valence-corrected chi connectivity index (χ2v) is 18.0. The second-order valence-electron chi connectivity index (χ2n) is 13.2. The molecule has 0 radical (unpaired) electrons. The summed E-state index contributed by atoms with van der Waals surface area (Å²) in [6.07, 6.45) is 0.737. The van der Waals surface area contributed by atoms with Crippen LogP contribution >= 0.6 is 0 Å². The number of anilines is 3. The molecule has 47 heavy (non-hydrogen) atoms. The summed E-state index contributed by atoms with van der Waals surface area (Å²) in [4.78, 5) is 19.7. The molecule has 248 valence electrons. The lowest BCUT2D eigenvalue weighted by Gasteiger charge is -2.35. The van der Waals surface area contributed by atoms with Crippen molar-refractivity contribution < 1.29 is 23.1 Å². The Bertz CT molecular complexity index is 1810. The maximum atomic E-state index is 13.6. The van der Waals surface area contributed by atoms with E-state index in [2.05, 4.69) is 61.3 Å². The van der Waals surface area contributed by atoms with Gasteiger partial charge in [0, 0.05) is 26.1 Å². The molecular weight excluding hydrogens is 616 g/mol. The molecule has 1 saturated carbocycles. The number of carbonyl (C=O) groups is 1. The zero-order valence-corrected chi connectivity index (χ0v) is 29.3. The smallest absolute Gasteiger partial charge is 0.271 e. The topological polar surface area (TPSA) is 102 Å². The number of fused-ring (bicyclic) bond motifs is 1. The molecule has 12 heteroatoms. The monoisotopic (exact) mass is 658 g/mol. The van der Waals surface area contributed by atoms with Gasteiger partial charge >= 0.3 is 0 Å². The molecule has 0 bridgehead atoms. The molecule has 1 aliphatic carbocycles. The summed E-state index contributed by atoms with van der Waals surface area (Å²) in [5, 5.41) is 10.9. The second kappa shape index (κ2) is 13.6. The largest absolute Gasteiger partial charge is 0.497 e. The molecule has 1 amide bonds. The number of carbonyl (C=O) groups excluding carboxylic acids is 1. The number of hydrogen-bond donors (Lipinski definition) is 2. The minimum atomic E-state index is -1.93. The fraction of sp³-hybridized carbons (Fsp3) is 0.400. The third-order valence-electron chi connectivity index (χ3n) is 8.72. The van der Waals surface area contributed by atoms with Gasteiger partial charge in [-0.25, -0.2) is 13.9 Å². The van der Waals surface area contributed by atoms with Crippen LogP contribution < -0.4 is 25.0 Å². The molecule has 0 unspecified atom stereocenters. The van der Waals surface area contributed by atoms with Crippen molar-refractivity contribution >= 4 is 37.1 Å². The Morgan fingerprint density at radius 1 is 1.15 bits per heavy atom. The third-order valence-corrected chi connectivity index (χ3v) is 13.2. The number of rotatable bonds is 11. The number of halogens is 1. The molecule has 2 aromatic heterocycles. The standard InChI is InChI=1S/C35H43FN6O4Si/c1-35(2,3)47(7,8)46-18-10-12-24-11-9-13-27(32(24)45-6)38-31-20-29(41(4)22-23-14-16-25(44-5)17-15-23)33-37-21-30(42(33)40-31)34(43)39-28-19-26(28)36/h9,11,13-17,20-21,26,28H,18-19,22H2,1-8H3,(H,38,40)(H,39,43)/t26-,28+/m0/s1. The number of amides is 1. The Hall–Kier alpha value is -4.60. The predicted molar refractivity (Wildman–Crippen MR) is 185 cm³/mol. The van der Waals surface area contributed by atoms with Crippen molar-refractivity contribution in [1.82, 2.24) is 19.9 Å². The van der Waals surface area contributed by atoms with Crippen LogP contribution in [0.5, 0.6) is 11.5 Å². The van der Waals surface area contributed by atoms with E-state index in [9.17, 15) is 9.18 Å². The van der Waals surface area contributed by atoms with E-state index >= 15 is 0 Å². The molecule has 1 aliphatic rings. The summed E-state index contributed by atoms with van der Waals surface area (Å²) < 4.78 is 32.4. The zero-order chi connectivity index (χ0) is 33.9. The summed E-state index contributed by atoms with van der Waals surface area (Å²) in [7, 11) is 3.24. The highest BCUT2D eigenvalue weighted by molar-refractivity contribution is 6.74. The molecule has 10 nitrogen and oxygen atoms in total. The Labute approximate surface area is 276 Å². The number of para-hydroxylation sites is 1. The van der Waals surface area contributed by atoms with Gasteiger partial charge in [0.2, 0.25) is 0 Å².